The number of nitrogens with zero attached hydrogens (tertiary/aromatic N) is 6. The third-order valence-electron chi connectivity index (χ3n) is 7.15. The number of methoxy groups -OCH3 is 1. The Labute approximate surface area is 249 Å². The van der Waals surface area contributed by atoms with Crippen LogP contribution in [0.25, 0.3) is 22.0 Å². The standard InChI is InChI=1S/C28H34N8O4S2/c1-17-9-10-21(19(3)31-17)22-7-6-8-23-24(22)29-16-30-25(23)32-18(2)15-35-11-13-36(14-12-35)42(38,39)26-20(4)33-27(41-26)34-28(37)40-5/h6-10,16,18H,11-15H2,1-5H3,(H,29,30,32)(H,33,34,37)/t18-/m0/s1. The van der Waals surface area contributed by atoms with Gasteiger partial charge >= 0.3 is 6.09 Å². The molecule has 1 saturated heterocycles. The number of thiazole rings is 1. The Bertz CT molecular complexity index is 1720. The van der Waals surface area contributed by atoms with Gasteiger partial charge in [0.2, 0.25) is 0 Å². The largest absolute Gasteiger partial charge is 0.453 e. The molecule has 0 aliphatic carbocycles. The van der Waals surface area contributed by atoms with Gasteiger partial charge in [0, 0.05) is 66.7 Å². The Morgan fingerprint density at radius 1 is 1.02 bits per heavy atom. The van der Waals surface area contributed by atoms with Crippen LogP contribution in [0.4, 0.5) is 15.7 Å². The first kappa shape index (κ1) is 29.8. The SMILES string of the molecule is COC(=O)Nc1nc(C)c(S(=O)(=O)N2CCN(C[C@H](C)Nc3ncnc4c(-c5ccc(C)nc5C)cccc34)CC2)s1. The van der Waals surface area contributed by atoms with Gasteiger partial charge in [0.1, 0.15) is 12.1 Å². The summed E-state index contributed by atoms with van der Waals surface area (Å²) < 4.78 is 32.9. The van der Waals surface area contributed by atoms with Crippen molar-refractivity contribution in [1.82, 2.24) is 29.1 Å². The van der Waals surface area contributed by atoms with Crippen LogP contribution in [-0.2, 0) is 14.8 Å². The number of sulfonamides is 1. The molecule has 1 aliphatic rings. The molecule has 42 heavy (non-hydrogen) atoms. The lowest BCUT2D eigenvalue weighted by Crippen LogP contribution is -2.50. The Kier molecular flexibility index (Phi) is 8.68. The summed E-state index contributed by atoms with van der Waals surface area (Å²) >= 11 is 0.926. The summed E-state index contributed by atoms with van der Waals surface area (Å²) in [7, 11) is -2.50. The Hall–Kier alpha value is -3.72. The fourth-order valence-electron chi connectivity index (χ4n) is 5.14. The van der Waals surface area contributed by atoms with E-state index in [1.54, 1.807) is 13.3 Å². The molecule has 222 valence electrons. The molecule has 0 bridgehead atoms. The first-order valence-electron chi connectivity index (χ1n) is 13.6. The van der Waals surface area contributed by atoms with E-state index in [0.29, 0.717) is 38.4 Å². The number of hydrogen-bond acceptors (Lipinski definition) is 11. The van der Waals surface area contributed by atoms with Crippen LogP contribution in [-0.4, -0.2) is 89.5 Å². The van der Waals surface area contributed by atoms with E-state index in [9.17, 15) is 13.2 Å². The maximum atomic E-state index is 13.3. The predicted molar refractivity (Wildman–Crippen MR) is 163 cm³/mol. The minimum atomic E-state index is -3.74. The van der Waals surface area contributed by atoms with Gasteiger partial charge in [-0.05, 0) is 39.8 Å². The molecular weight excluding hydrogens is 576 g/mol. The number of benzene rings is 1. The van der Waals surface area contributed by atoms with Crippen LogP contribution < -0.4 is 10.6 Å². The molecule has 1 aromatic carbocycles. The van der Waals surface area contributed by atoms with Gasteiger partial charge in [0.25, 0.3) is 10.0 Å². The van der Waals surface area contributed by atoms with Crippen LogP contribution in [0.3, 0.4) is 0 Å². The number of pyridine rings is 1. The molecule has 4 aromatic rings. The van der Waals surface area contributed by atoms with Gasteiger partial charge in [-0.1, -0.05) is 29.5 Å². The second-order valence-corrected chi connectivity index (χ2v) is 13.4. The molecule has 0 spiro atoms. The number of anilines is 2. The highest BCUT2D eigenvalue weighted by Crippen LogP contribution is 2.32. The summed E-state index contributed by atoms with van der Waals surface area (Å²) in [5, 5.41) is 7.10. The Balaban J connectivity index is 1.23. The van der Waals surface area contributed by atoms with E-state index >= 15 is 0 Å². The van der Waals surface area contributed by atoms with Gasteiger partial charge in [-0.25, -0.2) is 28.2 Å². The number of aryl methyl sites for hydroxylation is 3. The van der Waals surface area contributed by atoms with Crippen LogP contribution in [0, 0.1) is 20.8 Å². The number of aromatic nitrogens is 4. The molecule has 0 radical (unpaired) electrons. The molecule has 1 atom stereocenters. The molecule has 4 heterocycles. The monoisotopic (exact) mass is 610 g/mol. The van der Waals surface area contributed by atoms with Gasteiger partial charge in [-0.2, -0.15) is 4.31 Å². The van der Waals surface area contributed by atoms with E-state index in [4.69, 9.17) is 0 Å². The van der Waals surface area contributed by atoms with Crippen molar-refractivity contribution in [2.75, 3.05) is 50.5 Å². The second kappa shape index (κ2) is 12.3. The highest BCUT2D eigenvalue weighted by Gasteiger charge is 2.32. The van der Waals surface area contributed by atoms with Crippen molar-refractivity contribution >= 4 is 49.3 Å². The number of ether oxygens (including phenoxy) is 1. The second-order valence-electron chi connectivity index (χ2n) is 10.3. The van der Waals surface area contributed by atoms with E-state index < -0.39 is 16.1 Å². The zero-order valence-electron chi connectivity index (χ0n) is 24.2. The minimum absolute atomic E-state index is 0.0494. The molecule has 0 saturated carbocycles. The molecule has 2 N–H and O–H groups in total. The van der Waals surface area contributed by atoms with E-state index in [0.717, 1.165) is 50.6 Å². The maximum absolute atomic E-state index is 13.3. The molecule has 3 aromatic heterocycles. The smallest absolute Gasteiger partial charge is 0.413 e. The van der Waals surface area contributed by atoms with Gasteiger partial charge in [0.05, 0.1) is 18.3 Å². The summed E-state index contributed by atoms with van der Waals surface area (Å²) in [6, 6.07) is 10.2. The molecule has 14 heteroatoms. The summed E-state index contributed by atoms with van der Waals surface area (Å²) in [4.78, 5) is 31.7. The summed E-state index contributed by atoms with van der Waals surface area (Å²) in [5.74, 6) is 0.755. The van der Waals surface area contributed by atoms with E-state index in [1.807, 2.05) is 32.0 Å². The fraction of sp³-hybridized carbons (Fsp3) is 0.393. The van der Waals surface area contributed by atoms with Crippen LogP contribution in [0.2, 0.25) is 0 Å². The first-order valence-corrected chi connectivity index (χ1v) is 15.8. The van der Waals surface area contributed by atoms with Crippen LogP contribution in [0.15, 0.2) is 40.9 Å². The third kappa shape index (κ3) is 6.21. The topological polar surface area (TPSA) is 143 Å². The lowest BCUT2D eigenvalue weighted by molar-refractivity contribution is 0.184. The van der Waals surface area contributed by atoms with Crippen LogP contribution >= 0.6 is 11.3 Å². The van der Waals surface area contributed by atoms with Gasteiger partial charge in [-0.15, -0.1) is 0 Å². The van der Waals surface area contributed by atoms with E-state index in [-0.39, 0.29) is 15.4 Å². The molecule has 0 unspecified atom stereocenters. The van der Waals surface area contributed by atoms with E-state index in [2.05, 4.69) is 59.3 Å². The number of carbonyl (C=O) groups excluding carboxylic acids is 1. The van der Waals surface area contributed by atoms with Crippen molar-refractivity contribution < 1.29 is 17.9 Å². The highest BCUT2D eigenvalue weighted by molar-refractivity contribution is 7.91. The third-order valence-corrected chi connectivity index (χ3v) is 10.7. The summed E-state index contributed by atoms with van der Waals surface area (Å²) in [6.45, 7) is 10.3. The zero-order valence-corrected chi connectivity index (χ0v) is 25.8. The quantitative estimate of drug-likeness (QED) is 0.300. The summed E-state index contributed by atoms with van der Waals surface area (Å²) in [6.07, 6.45) is 0.882. The predicted octanol–water partition coefficient (Wildman–Crippen LogP) is 4.06. The normalized spacial score (nSPS) is 15.5. The molecule has 1 aliphatic heterocycles. The number of hydrogen-bond donors (Lipinski definition) is 2. The average molecular weight is 611 g/mol. The summed E-state index contributed by atoms with van der Waals surface area (Å²) in [5.41, 5.74) is 5.19. The number of para-hydroxylation sites is 1. The maximum Gasteiger partial charge on any atom is 0.413 e. The van der Waals surface area contributed by atoms with Gasteiger partial charge < -0.3 is 10.1 Å². The minimum Gasteiger partial charge on any atom is -0.453 e. The molecule has 5 rings (SSSR count). The lowest BCUT2D eigenvalue weighted by atomic mass is 10.0. The van der Waals surface area contributed by atoms with E-state index in [1.165, 1.54) is 11.4 Å². The zero-order chi connectivity index (χ0) is 30.0. The molecule has 1 amide bonds. The van der Waals surface area contributed by atoms with Crippen molar-refractivity contribution in [3.8, 4) is 11.1 Å². The van der Waals surface area contributed by atoms with Crippen molar-refractivity contribution in [2.24, 2.45) is 0 Å². The van der Waals surface area contributed by atoms with Crippen LogP contribution in [0.1, 0.15) is 24.0 Å². The fourth-order valence-corrected chi connectivity index (χ4v) is 8.10. The number of carbonyl (C=O) groups is 1. The number of piperazine rings is 1. The van der Waals surface area contributed by atoms with Gasteiger partial charge in [-0.3, -0.25) is 15.2 Å². The number of fused-ring (bicyclic) bond motifs is 1. The van der Waals surface area contributed by atoms with Crippen molar-refractivity contribution in [3.63, 3.8) is 0 Å². The Morgan fingerprint density at radius 2 is 1.79 bits per heavy atom. The number of rotatable bonds is 8. The highest BCUT2D eigenvalue weighted by atomic mass is 32.2. The average Bonchev–Trinajstić information content (AvgIpc) is 3.33. The molecule has 12 nitrogen and oxygen atoms in total. The first-order chi connectivity index (χ1) is 20.1. The van der Waals surface area contributed by atoms with Crippen molar-refractivity contribution in [3.05, 3.63) is 53.7 Å². The molecule has 1 fully saturated rings. The van der Waals surface area contributed by atoms with Gasteiger partial charge in [0.15, 0.2) is 9.34 Å². The number of nitrogens with one attached hydrogen (secondary N) is 2. The Morgan fingerprint density at radius 3 is 2.50 bits per heavy atom. The van der Waals surface area contributed by atoms with Crippen molar-refractivity contribution in [1.29, 1.82) is 0 Å². The molecular formula is C28H34N8O4S2. The van der Waals surface area contributed by atoms with Crippen LogP contribution in [0.5, 0.6) is 0 Å². The number of amides is 1. The lowest BCUT2D eigenvalue weighted by Gasteiger charge is -2.35. The van der Waals surface area contributed by atoms with Crippen molar-refractivity contribution in [2.45, 2.75) is 37.9 Å².